The van der Waals surface area contributed by atoms with E-state index >= 15 is 0 Å². The van der Waals surface area contributed by atoms with Crippen LogP contribution in [0.25, 0.3) is 0 Å². The Balaban J connectivity index is 2.26. The van der Waals surface area contributed by atoms with Crippen LogP contribution in [0.15, 0.2) is 24.3 Å². The maximum atomic E-state index is 12.1. The summed E-state index contributed by atoms with van der Waals surface area (Å²) < 4.78 is 4.89. The molecule has 1 heterocycles. The number of nitrogens with one attached hydrogen (secondary N) is 2. The van der Waals surface area contributed by atoms with E-state index in [4.69, 9.17) is 9.84 Å². The molecule has 1 amide bonds. The fourth-order valence-electron chi connectivity index (χ4n) is 1.88. The summed E-state index contributed by atoms with van der Waals surface area (Å²) in [5.74, 6) is -1.63. The molecule has 0 aliphatic heterocycles. The Labute approximate surface area is 120 Å². The van der Waals surface area contributed by atoms with Gasteiger partial charge in [0.05, 0.1) is 12.8 Å². The number of H-pyrrole nitrogens is 1. The number of ether oxygens (including phenoxy) is 1. The lowest BCUT2D eigenvalue weighted by Gasteiger charge is -2.07. The number of aryl methyl sites for hydroxylation is 1. The maximum Gasteiger partial charge on any atom is 0.354 e. The Morgan fingerprint density at radius 3 is 2.57 bits per heavy atom. The molecule has 0 aliphatic carbocycles. The van der Waals surface area contributed by atoms with Crippen LogP contribution in [0.4, 0.5) is 5.69 Å². The highest BCUT2D eigenvalue weighted by atomic mass is 16.5. The summed E-state index contributed by atoms with van der Waals surface area (Å²) in [4.78, 5) is 25.8. The van der Waals surface area contributed by atoms with Crippen molar-refractivity contribution >= 4 is 17.6 Å². The zero-order chi connectivity index (χ0) is 15.6. The van der Waals surface area contributed by atoms with E-state index in [0.717, 1.165) is 0 Å². The van der Waals surface area contributed by atoms with E-state index in [1.165, 1.54) is 31.4 Å². The number of phenols is 1. The third-order valence-electron chi connectivity index (χ3n) is 2.86. The van der Waals surface area contributed by atoms with Crippen LogP contribution >= 0.6 is 0 Å². The molecule has 21 heavy (non-hydrogen) atoms. The third kappa shape index (κ3) is 2.97. The molecule has 0 saturated heterocycles. The van der Waals surface area contributed by atoms with Crippen molar-refractivity contribution in [2.24, 2.45) is 0 Å². The predicted octanol–water partition coefficient (Wildman–Crippen LogP) is 1.99. The van der Waals surface area contributed by atoms with Gasteiger partial charge in [0, 0.05) is 11.3 Å². The normalized spacial score (nSPS) is 10.2. The summed E-state index contributed by atoms with van der Waals surface area (Å²) in [6, 6.07) is 5.68. The van der Waals surface area contributed by atoms with Crippen molar-refractivity contribution in [2.45, 2.75) is 6.92 Å². The number of aromatic nitrogens is 1. The molecule has 1 aromatic heterocycles. The lowest BCUT2D eigenvalue weighted by molar-refractivity contribution is 0.0692. The molecule has 7 nitrogen and oxygen atoms in total. The average Bonchev–Trinajstić information content (AvgIpc) is 2.79. The second-order valence-corrected chi connectivity index (χ2v) is 4.39. The number of benzene rings is 1. The lowest BCUT2D eigenvalue weighted by Crippen LogP contribution is -2.14. The van der Waals surface area contributed by atoms with Gasteiger partial charge in [-0.3, -0.25) is 4.79 Å². The number of aromatic amines is 1. The van der Waals surface area contributed by atoms with E-state index in [1.54, 1.807) is 6.92 Å². The molecule has 2 aromatic rings. The third-order valence-corrected chi connectivity index (χ3v) is 2.86. The number of carboxylic acid groups (broad SMARTS) is 1. The van der Waals surface area contributed by atoms with Crippen molar-refractivity contribution in [3.63, 3.8) is 0 Å². The second kappa shape index (κ2) is 5.58. The molecule has 0 atom stereocenters. The topological polar surface area (TPSA) is 112 Å². The van der Waals surface area contributed by atoms with Gasteiger partial charge in [0.2, 0.25) is 0 Å². The molecule has 7 heteroatoms. The van der Waals surface area contributed by atoms with E-state index in [9.17, 15) is 14.7 Å². The minimum atomic E-state index is -1.17. The highest BCUT2D eigenvalue weighted by molar-refractivity contribution is 6.07. The zero-order valence-corrected chi connectivity index (χ0v) is 11.4. The average molecular weight is 290 g/mol. The minimum Gasteiger partial charge on any atom is -0.504 e. The summed E-state index contributed by atoms with van der Waals surface area (Å²) in [6.45, 7) is 1.68. The van der Waals surface area contributed by atoms with Gasteiger partial charge in [0.25, 0.3) is 5.91 Å². The van der Waals surface area contributed by atoms with Crippen LogP contribution in [-0.2, 0) is 0 Å². The molecule has 4 N–H and O–H groups in total. The van der Waals surface area contributed by atoms with Gasteiger partial charge in [0.1, 0.15) is 5.69 Å². The van der Waals surface area contributed by atoms with Crippen LogP contribution in [0.2, 0.25) is 0 Å². The Kier molecular flexibility index (Phi) is 3.84. The first-order chi connectivity index (χ1) is 9.92. The summed E-state index contributed by atoms with van der Waals surface area (Å²) >= 11 is 0. The van der Waals surface area contributed by atoms with Crippen molar-refractivity contribution in [3.8, 4) is 11.5 Å². The Bertz CT molecular complexity index is 705. The fourth-order valence-corrected chi connectivity index (χ4v) is 1.88. The number of carbonyl (C=O) groups excluding carboxylic acids is 1. The summed E-state index contributed by atoms with van der Waals surface area (Å²) in [7, 11) is 1.40. The van der Waals surface area contributed by atoms with Crippen molar-refractivity contribution < 1.29 is 24.5 Å². The van der Waals surface area contributed by atoms with Gasteiger partial charge < -0.3 is 25.3 Å². The molecule has 0 unspecified atom stereocenters. The number of amides is 1. The molecule has 0 fully saturated rings. The summed E-state index contributed by atoms with van der Waals surface area (Å²) in [6.07, 6.45) is 0. The first-order valence-corrected chi connectivity index (χ1v) is 6.03. The summed E-state index contributed by atoms with van der Waals surface area (Å²) in [5, 5.41) is 21.2. The number of aromatic hydroxyl groups is 1. The van der Waals surface area contributed by atoms with Crippen molar-refractivity contribution in [1.29, 1.82) is 0 Å². The zero-order valence-electron chi connectivity index (χ0n) is 11.4. The van der Waals surface area contributed by atoms with Gasteiger partial charge in [0.15, 0.2) is 11.5 Å². The van der Waals surface area contributed by atoms with Crippen molar-refractivity contribution in [3.05, 3.63) is 41.2 Å². The molecule has 0 bridgehead atoms. The number of carboxylic acids is 1. The standard InChI is InChI=1S/C14H14N2O5/c1-7-5-9(12(15-7)14(19)20)16-13(18)8-3-4-11(21-2)10(17)6-8/h3-6,15,17H,1-2H3,(H,16,18)(H,19,20). The predicted molar refractivity (Wildman–Crippen MR) is 75.1 cm³/mol. The summed E-state index contributed by atoms with van der Waals surface area (Å²) in [5.41, 5.74) is 0.864. The molecular formula is C14H14N2O5. The van der Waals surface area contributed by atoms with Gasteiger partial charge in [-0.2, -0.15) is 0 Å². The van der Waals surface area contributed by atoms with Gasteiger partial charge >= 0.3 is 5.97 Å². The number of phenolic OH excluding ortho intramolecular Hbond substituents is 1. The van der Waals surface area contributed by atoms with Gasteiger partial charge in [-0.25, -0.2) is 4.79 Å². The highest BCUT2D eigenvalue weighted by Gasteiger charge is 2.17. The highest BCUT2D eigenvalue weighted by Crippen LogP contribution is 2.27. The lowest BCUT2D eigenvalue weighted by atomic mass is 10.2. The van der Waals surface area contributed by atoms with Crippen LogP contribution in [0.5, 0.6) is 11.5 Å². The smallest absolute Gasteiger partial charge is 0.354 e. The number of methoxy groups -OCH3 is 1. The van der Waals surface area contributed by atoms with Gasteiger partial charge in [-0.15, -0.1) is 0 Å². The van der Waals surface area contributed by atoms with E-state index < -0.39 is 11.9 Å². The van der Waals surface area contributed by atoms with Gasteiger partial charge in [-0.05, 0) is 31.2 Å². The van der Waals surface area contributed by atoms with E-state index in [0.29, 0.717) is 5.69 Å². The van der Waals surface area contributed by atoms with Crippen molar-refractivity contribution in [1.82, 2.24) is 4.98 Å². The maximum absolute atomic E-state index is 12.1. The number of anilines is 1. The number of hydrogen-bond acceptors (Lipinski definition) is 4. The Hall–Kier alpha value is -2.96. The number of aromatic carboxylic acids is 1. The van der Waals surface area contributed by atoms with E-state index in [1.807, 2.05) is 0 Å². The van der Waals surface area contributed by atoms with Crippen LogP contribution in [0.1, 0.15) is 26.5 Å². The molecule has 0 aliphatic rings. The quantitative estimate of drug-likeness (QED) is 0.688. The molecule has 0 spiro atoms. The van der Waals surface area contributed by atoms with Crippen molar-refractivity contribution in [2.75, 3.05) is 12.4 Å². The van der Waals surface area contributed by atoms with E-state index in [-0.39, 0.29) is 28.4 Å². The van der Waals surface area contributed by atoms with Crippen LogP contribution in [0.3, 0.4) is 0 Å². The Morgan fingerprint density at radius 2 is 2.00 bits per heavy atom. The number of hydrogen-bond donors (Lipinski definition) is 4. The molecular weight excluding hydrogens is 276 g/mol. The SMILES string of the molecule is COc1ccc(C(=O)Nc2cc(C)[nH]c2C(=O)O)cc1O. The number of carbonyl (C=O) groups is 2. The molecule has 0 saturated carbocycles. The molecule has 1 aromatic carbocycles. The monoisotopic (exact) mass is 290 g/mol. The van der Waals surface area contributed by atoms with Crippen LogP contribution in [0, 0.1) is 6.92 Å². The first-order valence-electron chi connectivity index (χ1n) is 6.03. The molecule has 0 radical (unpaired) electrons. The Morgan fingerprint density at radius 1 is 1.29 bits per heavy atom. The molecule has 2 rings (SSSR count). The van der Waals surface area contributed by atoms with Crippen LogP contribution < -0.4 is 10.1 Å². The second-order valence-electron chi connectivity index (χ2n) is 4.39. The molecule has 110 valence electrons. The fraction of sp³-hybridized carbons (Fsp3) is 0.143. The number of rotatable bonds is 4. The van der Waals surface area contributed by atoms with Crippen LogP contribution in [-0.4, -0.2) is 34.2 Å². The first kappa shape index (κ1) is 14.4. The largest absolute Gasteiger partial charge is 0.504 e. The van der Waals surface area contributed by atoms with Gasteiger partial charge in [-0.1, -0.05) is 0 Å². The van der Waals surface area contributed by atoms with E-state index in [2.05, 4.69) is 10.3 Å². The minimum absolute atomic E-state index is 0.0985.